The first-order valence-electron chi connectivity index (χ1n) is 5.70. The van der Waals surface area contributed by atoms with Crippen molar-refractivity contribution in [3.05, 3.63) is 36.0 Å². The SMILES string of the molecule is CCOc1ccc(-c2nn(C)cc2CN)cc1. The summed E-state index contributed by atoms with van der Waals surface area (Å²) in [6.45, 7) is 3.15. The van der Waals surface area contributed by atoms with E-state index >= 15 is 0 Å². The van der Waals surface area contributed by atoms with Gasteiger partial charge in [-0.25, -0.2) is 0 Å². The summed E-state index contributed by atoms with van der Waals surface area (Å²) in [5, 5.41) is 4.42. The summed E-state index contributed by atoms with van der Waals surface area (Å²) < 4.78 is 7.19. The largest absolute Gasteiger partial charge is 0.494 e. The third kappa shape index (κ3) is 2.47. The van der Waals surface area contributed by atoms with Gasteiger partial charge in [-0.1, -0.05) is 0 Å². The van der Waals surface area contributed by atoms with Gasteiger partial charge >= 0.3 is 0 Å². The Labute approximate surface area is 101 Å². The molecule has 0 unspecified atom stereocenters. The summed E-state index contributed by atoms with van der Waals surface area (Å²) >= 11 is 0. The van der Waals surface area contributed by atoms with E-state index in [1.165, 1.54) is 0 Å². The van der Waals surface area contributed by atoms with Gasteiger partial charge in [0, 0.05) is 30.9 Å². The van der Waals surface area contributed by atoms with Gasteiger partial charge in [-0.15, -0.1) is 0 Å². The molecule has 0 radical (unpaired) electrons. The molecule has 2 aromatic rings. The molecule has 2 N–H and O–H groups in total. The van der Waals surface area contributed by atoms with E-state index < -0.39 is 0 Å². The van der Waals surface area contributed by atoms with Crippen LogP contribution in [0.25, 0.3) is 11.3 Å². The predicted octanol–water partition coefficient (Wildman–Crippen LogP) is 1.94. The van der Waals surface area contributed by atoms with E-state index in [1.807, 2.05) is 44.4 Å². The number of aryl methyl sites for hydroxylation is 1. The minimum Gasteiger partial charge on any atom is -0.494 e. The molecule has 1 aromatic carbocycles. The Morgan fingerprint density at radius 2 is 2.00 bits per heavy atom. The summed E-state index contributed by atoms with van der Waals surface area (Å²) in [5.74, 6) is 0.876. The van der Waals surface area contributed by atoms with Gasteiger partial charge in [-0.3, -0.25) is 4.68 Å². The maximum atomic E-state index is 5.70. The molecule has 2 rings (SSSR count). The van der Waals surface area contributed by atoms with Crippen LogP contribution in [0.4, 0.5) is 0 Å². The van der Waals surface area contributed by atoms with Crippen LogP contribution in [0, 0.1) is 0 Å². The van der Waals surface area contributed by atoms with E-state index in [1.54, 1.807) is 4.68 Å². The van der Waals surface area contributed by atoms with E-state index in [4.69, 9.17) is 10.5 Å². The minimum atomic E-state index is 0.496. The number of hydrogen-bond acceptors (Lipinski definition) is 3. The van der Waals surface area contributed by atoms with Crippen LogP contribution in [0.5, 0.6) is 5.75 Å². The zero-order chi connectivity index (χ0) is 12.3. The molecule has 4 heteroatoms. The Bertz CT molecular complexity index is 488. The average molecular weight is 231 g/mol. The summed E-state index contributed by atoms with van der Waals surface area (Å²) in [5.41, 5.74) is 8.76. The first-order valence-corrected chi connectivity index (χ1v) is 5.70. The first kappa shape index (κ1) is 11.7. The number of rotatable bonds is 4. The molecular formula is C13H17N3O. The van der Waals surface area contributed by atoms with Gasteiger partial charge in [0.25, 0.3) is 0 Å². The second-order valence-electron chi connectivity index (χ2n) is 3.84. The van der Waals surface area contributed by atoms with E-state index in [0.29, 0.717) is 13.2 Å². The topological polar surface area (TPSA) is 53.1 Å². The van der Waals surface area contributed by atoms with E-state index in [9.17, 15) is 0 Å². The van der Waals surface area contributed by atoms with Crippen molar-refractivity contribution in [1.82, 2.24) is 9.78 Å². The fourth-order valence-electron chi connectivity index (χ4n) is 1.81. The molecule has 0 aliphatic rings. The molecule has 1 aromatic heterocycles. The zero-order valence-electron chi connectivity index (χ0n) is 10.2. The van der Waals surface area contributed by atoms with E-state index in [-0.39, 0.29) is 0 Å². The quantitative estimate of drug-likeness (QED) is 0.875. The summed E-state index contributed by atoms with van der Waals surface area (Å²) in [4.78, 5) is 0. The lowest BCUT2D eigenvalue weighted by Gasteiger charge is -2.04. The third-order valence-electron chi connectivity index (χ3n) is 2.56. The van der Waals surface area contributed by atoms with Gasteiger partial charge in [0.2, 0.25) is 0 Å². The van der Waals surface area contributed by atoms with Crippen molar-refractivity contribution >= 4 is 0 Å². The molecule has 0 amide bonds. The molecule has 4 nitrogen and oxygen atoms in total. The van der Waals surface area contributed by atoms with Crippen LogP contribution in [0.1, 0.15) is 12.5 Å². The molecule has 0 bridgehead atoms. The second-order valence-corrected chi connectivity index (χ2v) is 3.84. The second kappa shape index (κ2) is 5.01. The number of nitrogens with two attached hydrogens (primary N) is 1. The Morgan fingerprint density at radius 1 is 1.29 bits per heavy atom. The molecule has 0 aliphatic heterocycles. The van der Waals surface area contributed by atoms with Crippen molar-refractivity contribution in [3.8, 4) is 17.0 Å². The van der Waals surface area contributed by atoms with Gasteiger partial charge in [0.15, 0.2) is 0 Å². The van der Waals surface area contributed by atoms with Gasteiger partial charge in [-0.2, -0.15) is 5.10 Å². The van der Waals surface area contributed by atoms with Gasteiger partial charge in [-0.05, 0) is 31.2 Å². The molecule has 0 atom stereocenters. The van der Waals surface area contributed by atoms with Crippen LogP contribution >= 0.6 is 0 Å². The number of ether oxygens (including phenoxy) is 1. The standard InChI is InChI=1S/C13H17N3O/c1-3-17-12-6-4-10(5-7-12)13-11(8-14)9-16(2)15-13/h4-7,9H,3,8,14H2,1-2H3. The lowest BCUT2D eigenvalue weighted by atomic mass is 10.1. The van der Waals surface area contributed by atoms with Crippen molar-refractivity contribution in [2.45, 2.75) is 13.5 Å². The zero-order valence-corrected chi connectivity index (χ0v) is 10.2. The fraction of sp³-hybridized carbons (Fsp3) is 0.308. The van der Waals surface area contributed by atoms with Crippen LogP contribution in [-0.4, -0.2) is 16.4 Å². The molecular weight excluding hydrogens is 214 g/mol. The maximum Gasteiger partial charge on any atom is 0.119 e. The van der Waals surface area contributed by atoms with Crippen LogP contribution in [0.2, 0.25) is 0 Å². The van der Waals surface area contributed by atoms with E-state index in [0.717, 1.165) is 22.6 Å². The van der Waals surface area contributed by atoms with Gasteiger partial charge < -0.3 is 10.5 Å². The van der Waals surface area contributed by atoms with Crippen LogP contribution in [0.15, 0.2) is 30.5 Å². The summed E-state index contributed by atoms with van der Waals surface area (Å²) in [7, 11) is 1.90. The molecule has 0 saturated heterocycles. The molecule has 0 fully saturated rings. The highest BCUT2D eigenvalue weighted by Crippen LogP contribution is 2.24. The van der Waals surface area contributed by atoms with Crippen LogP contribution in [0.3, 0.4) is 0 Å². The maximum absolute atomic E-state index is 5.70. The minimum absolute atomic E-state index is 0.496. The van der Waals surface area contributed by atoms with Gasteiger partial charge in [0.1, 0.15) is 5.75 Å². The highest BCUT2D eigenvalue weighted by Gasteiger charge is 2.08. The average Bonchev–Trinajstić information content (AvgIpc) is 2.72. The number of nitrogens with zero attached hydrogens (tertiary/aromatic N) is 2. The number of aromatic nitrogens is 2. The molecule has 90 valence electrons. The summed E-state index contributed by atoms with van der Waals surface area (Å²) in [6, 6.07) is 7.92. The van der Waals surface area contributed by atoms with Crippen LogP contribution in [-0.2, 0) is 13.6 Å². The van der Waals surface area contributed by atoms with E-state index in [2.05, 4.69) is 5.10 Å². The smallest absolute Gasteiger partial charge is 0.119 e. The lowest BCUT2D eigenvalue weighted by molar-refractivity contribution is 0.340. The summed E-state index contributed by atoms with van der Waals surface area (Å²) in [6.07, 6.45) is 1.95. The Balaban J connectivity index is 2.32. The predicted molar refractivity (Wildman–Crippen MR) is 67.7 cm³/mol. The monoisotopic (exact) mass is 231 g/mol. The van der Waals surface area contributed by atoms with Crippen molar-refractivity contribution in [2.24, 2.45) is 12.8 Å². The fourth-order valence-corrected chi connectivity index (χ4v) is 1.81. The Morgan fingerprint density at radius 3 is 2.59 bits per heavy atom. The van der Waals surface area contributed by atoms with Crippen molar-refractivity contribution in [3.63, 3.8) is 0 Å². The number of benzene rings is 1. The molecule has 0 saturated carbocycles. The molecule has 0 spiro atoms. The van der Waals surface area contributed by atoms with Crippen molar-refractivity contribution < 1.29 is 4.74 Å². The highest BCUT2D eigenvalue weighted by atomic mass is 16.5. The molecule has 17 heavy (non-hydrogen) atoms. The Kier molecular flexibility index (Phi) is 3.44. The van der Waals surface area contributed by atoms with Crippen molar-refractivity contribution in [1.29, 1.82) is 0 Å². The van der Waals surface area contributed by atoms with Gasteiger partial charge in [0.05, 0.1) is 12.3 Å². The van der Waals surface area contributed by atoms with Crippen molar-refractivity contribution in [2.75, 3.05) is 6.61 Å². The Hall–Kier alpha value is -1.81. The first-order chi connectivity index (χ1) is 8.24. The van der Waals surface area contributed by atoms with Crippen LogP contribution < -0.4 is 10.5 Å². The molecule has 0 aliphatic carbocycles. The lowest BCUT2D eigenvalue weighted by Crippen LogP contribution is -1.96. The third-order valence-corrected chi connectivity index (χ3v) is 2.56. The highest BCUT2D eigenvalue weighted by molar-refractivity contribution is 5.63. The molecule has 1 heterocycles. The number of hydrogen-bond donors (Lipinski definition) is 1. The normalized spacial score (nSPS) is 10.5.